The predicted octanol–water partition coefficient (Wildman–Crippen LogP) is 0.451. The molecule has 0 saturated carbocycles. The van der Waals surface area contributed by atoms with E-state index in [2.05, 4.69) is 19.2 Å². The molecule has 0 unspecified atom stereocenters. The van der Waals surface area contributed by atoms with E-state index in [9.17, 15) is 13.2 Å². The van der Waals surface area contributed by atoms with Crippen molar-refractivity contribution >= 4 is 38.9 Å². The van der Waals surface area contributed by atoms with Gasteiger partial charge in [-0.2, -0.15) is 4.31 Å². The van der Waals surface area contributed by atoms with E-state index in [4.69, 9.17) is 11.6 Å². The van der Waals surface area contributed by atoms with Gasteiger partial charge in [-0.15, -0.1) is 11.3 Å². The molecular formula is C15H25ClN3O3S2+. The van der Waals surface area contributed by atoms with Gasteiger partial charge >= 0.3 is 0 Å². The van der Waals surface area contributed by atoms with Crippen molar-refractivity contribution in [2.75, 3.05) is 32.7 Å². The van der Waals surface area contributed by atoms with Crippen molar-refractivity contribution in [1.82, 2.24) is 9.62 Å². The highest BCUT2D eigenvalue weighted by molar-refractivity contribution is 7.91. The lowest BCUT2D eigenvalue weighted by Crippen LogP contribution is -3.15. The van der Waals surface area contributed by atoms with Gasteiger partial charge < -0.3 is 10.2 Å². The Morgan fingerprint density at radius 2 is 1.96 bits per heavy atom. The topological polar surface area (TPSA) is 70.9 Å². The van der Waals surface area contributed by atoms with Crippen LogP contribution in [0.25, 0.3) is 0 Å². The van der Waals surface area contributed by atoms with E-state index >= 15 is 0 Å². The van der Waals surface area contributed by atoms with Gasteiger partial charge in [-0.05, 0) is 25.0 Å². The van der Waals surface area contributed by atoms with Crippen LogP contribution in [-0.4, -0.2) is 57.4 Å². The first kappa shape index (κ1) is 19.7. The summed E-state index contributed by atoms with van der Waals surface area (Å²) in [4.78, 5) is 13.2. The number of rotatable bonds is 6. The molecular weight excluding hydrogens is 370 g/mol. The van der Waals surface area contributed by atoms with Gasteiger partial charge in [0.15, 0.2) is 6.54 Å². The van der Waals surface area contributed by atoms with Crippen molar-refractivity contribution in [2.45, 2.75) is 31.0 Å². The first-order chi connectivity index (χ1) is 11.2. The average molecular weight is 395 g/mol. The largest absolute Gasteiger partial charge is 0.348 e. The summed E-state index contributed by atoms with van der Waals surface area (Å²) in [6.45, 7) is 8.60. The number of carbonyl (C=O) groups excluding carboxylic acids is 1. The summed E-state index contributed by atoms with van der Waals surface area (Å²) in [6, 6.07) is 3.28. The Labute approximate surface area is 152 Å². The maximum Gasteiger partial charge on any atom is 0.275 e. The van der Waals surface area contributed by atoms with E-state index in [1.54, 1.807) is 12.1 Å². The summed E-state index contributed by atoms with van der Waals surface area (Å²) in [6.07, 6.45) is 0. The monoisotopic (exact) mass is 394 g/mol. The van der Waals surface area contributed by atoms with E-state index in [1.807, 2.05) is 6.92 Å². The lowest BCUT2D eigenvalue weighted by atomic mass is 10.1. The molecule has 2 heterocycles. The van der Waals surface area contributed by atoms with Crippen LogP contribution < -0.4 is 10.2 Å². The molecule has 9 heteroatoms. The molecule has 24 heavy (non-hydrogen) atoms. The highest BCUT2D eigenvalue weighted by atomic mass is 35.5. The molecule has 1 aromatic heterocycles. The SMILES string of the molecule is CC(C)[C@H](C)NC(=O)C[NH+]1CCN(S(=O)(=O)c2ccc(Cl)s2)CC1. The summed E-state index contributed by atoms with van der Waals surface area (Å²) in [5, 5.41) is 2.99. The third-order valence-corrected chi connectivity index (χ3v) is 7.97. The molecule has 2 N–H and O–H groups in total. The van der Waals surface area contributed by atoms with Crippen molar-refractivity contribution in [2.24, 2.45) is 5.92 Å². The zero-order valence-corrected chi connectivity index (χ0v) is 16.6. The minimum absolute atomic E-state index is 0.0209. The van der Waals surface area contributed by atoms with Gasteiger partial charge in [-0.25, -0.2) is 8.42 Å². The van der Waals surface area contributed by atoms with Gasteiger partial charge in [-0.1, -0.05) is 25.4 Å². The Balaban J connectivity index is 1.86. The second-order valence-corrected chi connectivity index (χ2v) is 10.4. The quantitative estimate of drug-likeness (QED) is 0.736. The molecule has 2 rings (SSSR count). The molecule has 1 atom stereocenters. The number of amides is 1. The molecule has 1 aromatic rings. The van der Waals surface area contributed by atoms with Crippen molar-refractivity contribution in [3.05, 3.63) is 16.5 Å². The third-order valence-electron chi connectivity index (χ3n) is 4.37. The first-order valence-electron chi connectivity index (χ1n) is 8.08. The molecule has 1 aliphatic rings. The maximum absolute atomic E-state index is 12.5. The minimum atomic E-state index is -3.47. The van der Waals surface area contributed by atoms with Crippen molar-refractivity contribution in [1.29, 1.82) is 0 Å². The van der Waals surface area contributed by atoms with E-state index in [1.165, 1.54) is 4.31 Å². The van der Waals surface area contributed by atoms with E-state index in [0.717, 1.165) is 16.2 Å². The fourth-order valence-corrected chi connectivity index (χ4v) is 5.56. The molecule has 0 radical (unpaired) electrons. The van der Waals surface area contributed by atoms with Crippen molar-refractivity contribution in [3.63, 3.8) is 0 Å². The number of piperazine rings is 1. The fourth-order valence-electron chi connectivity index (χ4n) is 2.48. The average Bonchev–Trinajstić information content (AvgIpc) is 2.95. The Kier molecular flexibility index (Phi) is 6.66. The summed E-state index contributed by atoms with van der Waals surface area (Å²) in [5.41, 5.74) is 0. The number of hydrogen-bond acceptors (Lipinski definition) is 4. The molecule has 136 valence electrons. The normalized spacial score (nSPS) is 18.7. The van der Waals surface area contributed by atoms with Crippen LogP contribution in [-0.2, 0) is 14.8 Å². The van der Waals surface area contributed by atoms with Crippen LogP contribution in [0.2, 0.25) is 4.34 Å². The second kappa shape index (κ2) is 8.14. The lowest BCUT2D eigenvalue weighted by molar-refractivity contribution is -0.895. The van der Waals surface area contributed by atoms with E-state index in [-0.39, 0.29) is 16.2 Å². The standard InChI is InChI=1S/C15H24ClN3O3S2/c1-11(2)12(3)17-14(20)10-18-6-8-19(9-7-18)24(21,22)15-5-4-13(16)23-15/h4-5,11-12H,6-10H2,1-3H3,(H,17,20)/p+1/t12-/m0/s1. The van der Waals surface area contributed by atoms with Gasteiger partial charge in [0.1, 0.15) is 4.21 Å². The highest BCUT2D eigenvalue weighted by Crippen LogP contribution is 2.27. The summed E-state index contributed by atoms with van der Waals surface area (Å²) in [5.74, 6) is 0.413. The second-order valence-electron chi connectivity index (χ2n) is 6.49. The van der Waals surface area contributed by atoms with Gasteiger partial charge in [0.05, 0.1) is 30.5 Å². The van der Waals surface area contributed by atoms with Crippen LogP contribution in [0.5, 0.6) is 0 Å². The van der Waals surface area contributed by atoms with Crippen molar-refractivity contribution in [3.8, 4) is 0 Å². The molecule has 0 spiro atoms. The molecule has 1 saturated heterocycles. The Morgan fingerprint density at radius 1 is 1.33 bits per heavy atom. The zero-order valence-electron chi connectivity index (χ0n) is 14.2. The van der Waals surface area contributed by atoms with Crippen LogP contribution in [0.4, 0.5) is 0 Å². The number of carbonyl (C=O) groups is 1. The predicted molar refractivity (Wildman–Crippen MR) is 96.1 cm³/mol. The van der Waals surface area contributed by atoms with E-state index < -0.39 is 10.0 Å². The smallest absolute Gasteiger partial charge is 0.275 e. The molecule has 0 bridgehead atoms. The lowest BCUT2D eigenvalue weighted by Gasteiger charge is -2.31. The summed E-state index contributed by atoms with van der Waals surface area (Å²) in [7, 11) is -3.47. The molecule has 1 amide bonds. The number of quaternary nitrogens is 1. The number of nitrogens with zero attached hydrogens (tertiary/aromatic N) is 1. The summed E-state index contributed by atoms with van der Waals surface area (Å²) < 4.78 is 27.3. The first-order valence-corrected chi connectivity index (χ1v) is 10.7. The van der Waals surface area contributed by atoms with Crippen molar-refractivity contribution < 1.29 is 18.1 Å². The Bertz CT molecular complexity index is 667. The number of halogens is 1. The van der Waals surface area contributed by atoms with Crippen LogP contribution in [0.1, 0.15) is 20.8 Å². The van der Waals surface area contributed by atoms with Gasteiger partial charge in [-0.3, -0.25) is 4.79 Å². The summed E-state index contributed by atoms with van der Waals surface area (Å²) >= 11 is 6.91. The molecule has 6 nitrogen and oxygen atoms in total. The van der Waals surface area contributed by atoms with E-state index in [0.29, 0.717) is 43.0 Å². The Hall–Kier alpha value is -0.670. The third kappa shape index (κ3) is 4.92. The van der Waals surface area contributed by atoms with Crippen LogP contribution in [0.15, 0.2) is 16.3 Å². The van der Waals surface area contributed by atoms with Crippen LogP contribution in [0.3, 0.4) is 0 Å². The Morgan fingerprint density at radius 3 is 2.46 bits per heavy atom. The number of hydrogen-bond donors (Lipinski definition) is 2. The van der Waals surface area contributed by atoms with Gasteiger partial charge in [0, 0.05) is 6.04 Å². The van der Waals surface area contributed by atoms with Gasteiger partial charge in [0.25, 0.3) is 15.9 Å². The van der Waals surface area contributed by atoms with Crippen LogP contribution >= 0.6 is 22.9 Å². The highest BCUT2D eigenvalue weighted by Gasteiger charge is 2.32. The van der Waals surface area contributed by atoms with Crippen LogP contribution in [0, 0.1) is 5.92 Å². The van der Waals surface area contributed by atoms with Gasteiger partial charge in [0.2, 0.25) is 0 Å². The molecule has 0 aromatic carbocycles. The number of nitrogens with one attached hydrogen (secondary N) is 2. The zero-order chi connectivity index (χ0) is 17.9. The molecule has 1 aliphatic heterocycles. The number of sulfonamides is 1. The molecule has 1 fully saturated rings. The number of thiophene rings is 1. The maximum atomic E-state index is 12.5. The minimum Gasteiger partial charge on any atom is -0.348 e. The fraction of sp³-hybridized carbons (Fsp3) is 0.667. The molecule has 0 aliphatic carbocycles.